The molecule has 11 heteroatoms. The highest BCUT2D eigenvalue weighted by molar-refractivity contribution is 5.90. The maximum Gasteiger partial charge on any atom is 0.213 e. The quantitative estimate of drug-likeness (QED) is 0.334. The predicted molar refractivity (Wildman–Crippen MR) is 153 cm³/mol. The number of hydrogen-bond donors (Lipinski definition) is 1. The van der Waals surface area contributed by atoms with E-state index in [0.717, 1.165) is 60.8 Å². The summed E-state index contributed by atoms with van der Waals surface area (Å²) in [7, 11) is 1.88. The van der Waals surface area contributed by atoms with E-state index in [-0.39, 0.29) is 5.82 Å². The SMILES string of the molecule is CCOc1ccc(CN2CCN(c3ccc(-c4cc(-c5cnn(C)c5)cn5nc(N)c(C#N)c45)cn3)CC2)cn1. The van der Waals surface area contributed by atoms with E-state index in [1.807, 2.05) is 63.0 Å². The number of rotatable bonds is 7. The Morgan fingerprint density at radius 1 is 0.975 bits per heavy atom. The molecule has 0 radical (unpaired) electrons. The Balaban J connectivity index is 1.20. The molecule has 0 saturated carbocycles. The standard InChI is InChI=1S/C29H30N10O/c1-3-40-27-7-4-20(14-33-27)17-37-8-10-38(11-9-37)26-6-5-21(15-32-26)24-12-22(23-16-34-36(2)18-23)19-39-28(24)25(13-30)29(31)35-39/h4-7,12,14-16,18-19H,3,8-11,17H2,1-2H3,(H2,31,35). The minimum Gasteiger partial charge on any atom is -0.478 e. The molecule has 1 aliphatic rings. The molecule has 1 saturated heterocycles. The van der Waals surface area contributed by atoms with Gasteiger partial charge in [0.1, 0.15) is 17.5 Å². The molecule has 5 aromatic heterocycles. The maximum absolute atomic E-state index is 9.80. The number of piperazine rings is 1. The summed E-state index contributed by atoms with van der Waals surface area (Å²) in [5.74, 6) is 1.80. The van der Waals surface area contributed by atoms with Crippen LogP contribution in [0.3, 0.4) is 0 Å². The lowest BCUT2D eigenvalue weighted by molar-refractivity contribution is 0.248. The van der Waals surface area contributed by atoms with Crippen molar-refractivity contribution in [3.8, 4) is 34.2 Å². The fourth-order valence-electron chi connectivity index (χ4n) is 5.12. The molecular formula is C29H30N10O. The normalized spacial score (nSPS) is 14.0. The molecule has 6 rings (SSSR count). The van der Waals surface area contributed by atoms with Crippen LogP contribution in [0.1, 0.15) is 18.1 Å². The third kappa shape index (κ3) is 4.92. The van der Waals surface area contributed by atoms with Crippen molar-refractivity contribution in [3.63, 3.8) is 0 Å². The van der Waals surface area contributed by atoms with Gasteiger partial charge in [0.2, 0.25) is 5.88 Å². The smallest absolute Gasteiger partial charge is 0.213 e. The minimum atomic E-state index is 0.204. The Morgan fingerprint density at radius 2 is 1.82 bits per heavy atom. The lowest BCUT2D eigenvalue weighted by atomic mass is 10.0. The topological polar surface area (TPSA) is 126 Å². The van der Waals surface area contributed by atoms with Crippen LogP contribution in [-0.4, -0.2) is 67.0 Å². The molecule has 5 aromatic rings. The number of fused-ring (bicyclic) bond motifs is 1. The molecule has 40 heavy (non-hydrogen) atoms. The van der Waals surface area contributed by atoms with Crippen molar-refractivity contribution >= 4 is 17.2 Å². The summed E-state index contributed by atoms with van der Waals surface area (Å²) in [6.45, 7) is 7.07. The van der Waals surface area contributed by atoms with Crippen molar-refractivity contribution in [1.29, 1.82) is 5.26 Å². The highest BCUT2D eigenvalue weighted by atomic mass is 16.5. The van der Waals surface area contributed by atoms with Crippen molar-refractivity contribution in [2.24, 2.45) is 7.05 Å². The number of nitrogens with zero attached hydrogens (tertiary/aromatic N) is 9. The Morgan fingerprint density at radius 3 is 2.48 bits per heavy atom. The number of nitrogens with two attached hydrogens (primary N) is 1. The molecule has 0 aromatic carbocycles. The molecule has 2 N–H and O–H groups in total. The van der Waals surface area contributed by atoms with Crippen molar-refractivity contribution in [1.82, 2.24) is 34.3 Å². The summed E-state index contributed by atoms with van der Waals surface area (Å²) < 4.78 is 8.88. The Labute approximate surface area is 232 Å². The Kier molecular flexibility index (Phi) is 6.76. The van der Waals surface area contributed by atoms with E-state index < -0.39 is 0 Å². The first-order chi connectivity index (χ1) is 19.5. The van der Waals surface area contributed by atoms with E-state index in [2.05, 4.69) is 37.1 Å². The van der Waals surface area contributed by atoms with Crippen LogP contribution in [0.4, 0.5) is 11.6 Å². The minimum absolute atomic E-state index is 0.204. The molecule has 6 heterocycles. The molecular weight excluding hydrogens is 504 g/mol. The van der Waals surface area contributed by atoms with E-state index in [1.54, 1.807) is 15.4 Å². The average molecular weight is 535 g/mol. The Hall–Kier alpha value is -4.95. The number of anilines is 2. The van der Waals surface area contributed by atoms with Crippen LogP contribution in [-0.2, 0) is 13.6 Å². The van der Waals surface area contributed by atoms with Gasteiger partial charge in [-0.05, 0) is 30.7 Å². The zero-order chi connectivity index (χ0) is 27.6. The van der Waals surface area contributed by atoms with Crippen molar-refractivity contribution < 1.29 is 4.74 Å². The van der Waals surface area contributed by atoms with Crippen LogP contribution in [0.15, 0.2) is 61.3 Å². The van der Waals surface area contributed by atoms with Crippen LogP contribution < -0.4 is 15.4 Å². The van der Waals surface area contributed by atoms with E-state index in [1.165, 1.54) is 5.56 Å². The van der Waals surface area contributed by atoms with Gasteiger partial charge >= 0.3 is 0 Å². The van der Waals surface area contributed by atoms with Crippen LogP contribution in [0, 0.1) is 11.3 Å². The van der Waals surface area contributed by atoms with Gasteiger partial charge in [0.15, 0.2) is 5.82 Å². The predicted octanol–water partition coefficient (Wildman–Crippen LogP) is 3.37. The lowest BCUT2D eigenvalue weighted by Gasteiger charge is -2.35. The summed E-state index contributed by atoms with van der Waals surface area (Å²) in [5, 5.41) is 18.5. The lowest BCUT2D eigenvalue weighted by Crippen LogP contribution is -2.46. The van der Waals surface area contributed by atoms with Gasteiger partial charge in [-0.3, -0.25) is 9.58 Å². The number of pyridine rings is 3. The zero-order valence-electron chi connectivity index (χ0n) is 22.5. The summed E-state index contributed by atoms with van der Waals surface area (Å²) in [4.78, 5) is 13.9. The molecule has 0 aliphatic carbocycles. The molecule has 1 aliphatic heterocycles. The molecule has 11 nitrogen and oxygen atoms in total. The van der Waals surface area contributed by atoms with E-state index in [4.69, 9.17) is 15.5 Å². The molecule has 1 fully saturated rings. The molecule has 202 valence electrons. The van der Waals surface area contributed by atoms with Gasteiger partial charge in [0.05, 0.1) is 18.3 Å². The highest BCUT2D eigenvalue weighted by Gasteiger charge is 2.20. The molecule has 0 bridgehead atoms. The monoisotopic (exact) mass is 534 g/mol. The van der Waals surface area contributed by atoms with Crippen LogP contribution in [0.25, 0.3) is 27.8 Å². The second-order valence-electron chi connectivity index (χ2n) is 9.82. The molecule has 0 spiro atoms. The molecule has 0 amide bonds. The van der Waals surface area contributed by atoms with E-state index >= 15 is 0 Å². The largest absolute Gasteiger partial charge is 0.478 e. The third-order valence-corrected chi connectivity index (χ3v) is 7.16. The van der Waals surface area contributed by atoms with E-state index in [0.29, 0.717) is 23.6 Å². The number of hydrogen-bond acceptors (Lipinski definition) is 9. The second-order valence-corrected chi connectivity index (χ2v) is 9.82. The van der Waals surface area contributed by atoms with Crippen molar-refractivity contribution in [3.05, 3.63) is 72.4 Å². The molecule has 0 atom stereocenters. The maximum atomic E-state index is 9.80. The first-order valence-corrected chi connectivity index (χ1v) is 13.2. The van der Waals surface area contributed by atoms with Crippen LogP contribution >= 0.6 is 0 Å². The van der Waals surface area contributed by atoms with Gasteiger partial charge < -0.3 is 15.4 Å². The number of nitriles is 1. The fraction of sp³-hybridized carbons (Fsp3) is 0.276. The van der Waals surface area contributed by atoms with Crippen molar-refractivity contribution in [2.75, 3.05) is 43.4 Å². The number of ether oxygens (including phenoxy) is 1. The highest BCUT2D eigenvalue weighted by Crippen LogP contribution is 2.34. The summed E-state index contributed by atoms with van der Waals surface area (Å²) in [6, 6.07) is 12.4. The van der Waals surface area contributed by atoms with Gasteiger partial charge in [-0.25, -0.2) is 14.5 Å². The number of aromatic nitrogens is 6. The van der Waals surface area contributed by atoms with Gasteiger partial charge in [0.25, 0.3) is 0 Å². The van der Waals surface area contributed by atoms with Gasteiger partial charge in [-0.1, -0.05) is 6.07 Å². The molecule has 0 unspecified atom stereocenters. The first kappa shape index (κ1) is 25.3. The van der Waals surface area contributed by atoms with Crippen LogP contribution in [0.2, 0.25) is 0 Å². The third-order valence-electron chi connectivity index (χ3n) is 7.16. The van der Waals surface area contributed by atoms with Crippen LogP contribution in [0.5, 0.6) is 5.88 Å². The number of nitrogen functional groups attached to an aromatic ring is 1. The summed E-state index contributed by atoms with van der Waals surface area (Å²) >= 11 is 0. The fourth-order valence-corrected chi connectivity index (χ4v) is 5.12. The average Bonchev–Trinajstić information content (AvgIpc) is 3.56. The summed E-state index contributed by atoms with van der Waals surface area (Å²) in [6.07, 6.45) is 9.37. The van der Waals surface area contributed by atoms with E-state index in [9.17, 15) is 5.26 Å². The Bertz CT molecular complexity index is 1670. The van der Waals surface area contributed by atoms with Gasteiger partial charge in [0, 0.05) is 92.9 Å². The summed E-state index contributed by atoms with van der Waals surface area (Å²) in [5.41, 5.74) is 11.9. The van der Waals surface area contributed by atoms with Crippen molar-refractivity contribution in [2.45, 2.75) is 13.5 Å². The second kappa shape index (κ2) is 10.7. The first-order valence-electron chi connectivity index (χ1n) is 13.2. The van der Waals surface area contributed by atoms with Gasteiger partial charge in [-0.2, -0.15) is 10.4 Å². The number of aryl methyl sites for hydroxylation is 1. The zero-order valence-corrected chi connectivity index (χ0v) is 22.5. The van der Waals surface area contributed by atoms with Gasteiger partial charge in [-0.15, -0.1) is 5.10 Å².